The largest absolute Gasteiger partial charge is 0.467 e. The summed E-state index contributed by atoms with van der Waals surface area (Å²) in [6.07, 6.45) is 6.89. The molecule has 0 aliphatic heterocycles. The summed E-state index contributed by atoms with van der Waals surface area (Å²) >= 11 is 0. The average molecular weight is 336 g/mol. The minimum absolute atomic E-state index is 0.0500. The molecular formula is C19H20N4O2. The van der Waals surface area contributed by atoms with Crippen LogP contribution >= 0.6 is 0 Å². The van der Waals surface area contributed by atoms with Crippen molar-refractivity contribution >= 4 is 5.91 Å². The van der Waals surface area contributed by atoms with Crippen LogP contribution in [0.3, 0.4) is 0 Å². The molecule has 1 amide bonds. The Balaban J connectivity index is 1.64. The van der Waals surface area contributed by atoms with Gasteiger partial charge < -0.3 is 9.32 Å². The molecule has 3 aromatic rings. The third kappa shape index (κ3) is 2.95. The number of furan rings is 1. The summed E-state index contributed by atoms with van der Waals surface area (Å²) in [6.45, 7) is 3.98. The van der Waals surface area contributed by atoms with E-state index in [9.17, 15) is 4.79 Å². The maximum atomic E-state index is 13.2. The van der Waals surface area contributed by atoms with E-state index in [1.807, 2.05) is 49.1 Å². The molecule has 4 rings (SSSR count). The number of aromatic nitrogens is 3. The number of hydrogen-bond donors (Lipinski definition) is 0. The summed E-state index contributed by atoms with van der Waals surface area (Å²) in [6, 6.07) is 9.74. The molecule has 1 saturated carbocycles. The Morgan fingerprint density at radius 2 is 2.20 bits per heavy atom. The van der Waals surface area contributed by atoms with Crippen LogP contribution in [0.5, 0.6) is 0 Å². The fraction of sp³-hybridized carbons (Fsp3) is 0.316. The van der Waals surface area contributed by atoms with Gasteiger partial charge >= 0.3 is 0 Å². The van der Waals surface area contributed by atoms with Crippen LogP contribution in [0.4, 0.5) is 0 Å². The van der Waals surface area contributed by atoms with E-state index in [1.54, 1.807) is 17.3 Å². The molecule has 0 saturated heterocycles. The van der Waals surface area contributed by atoms with Gasteiger partial charge in [0, 0.05) is 11.6 Å². The Labute approximate surface area is 146 Å². The molecule has 1 aliphatic carbocycles. The summed E-state index contributed by atoms with van der Waals surface area (Å²) in [5.74, 6) is 0.867. The van der Waals surface area contributed by atoms with Gasteiger partial charge in [0.2, 0.25) is 0 Å². The van der Waals surface area contributed by atoms with Crippen LogP contribution in [0, 0.1) is 6.92 Å². The Bertz CT molecular complexity index is 867. The summed E-state index contributed by atoms with van der Waals surface area (Å²) < 4.78 is 7.21. The van der Waals surface area contributed by atoms with Gasteiger partial charge in [0.25, 0.3) is 5.91 Å². The minimum atomic E-state index is -0.0793. The maximum Gasteiger partial charge on any atom is 0.254 e. The highest BCUT2D eigenvalue weighted by Gasteiger charge is 2.38. The predicted molar refractivity (Wildman–Crippen MR) is 92.4 cm³/mol. The predicted octanol–water partition coefficient (Wildman–Crippen LogP) is 3.53. The maximum absolute atomic E-state index is 13.2. The van der Waals surface area contributed by atoms with Crippen LogP contribution in [0.2, 0.25) is 0 Å². The number of hydrogen-bond acceptors (Lipinski definition) is 4. The number of rotatable bonds is 5. The normalized spacial score (nSPS) is 15.1. The number of aryl methyl sites for hydroxylation is 1. The highest BCUT2D eigenvalue weighted by molar-refractivity contribution is 5.96. The summed E-state index contributed by atoms with van der Waals surface area (Å²) in [4.78, 5) is 19.1. The second-order valence-electron chi connectivity index (χ2n) is 6.47. The van der Waals surface area contributed by atoms with E-state index in [0.29, 0.717) is 11.6 Å². The van der Waals surface area contributed by atoms with Crippen molar-refractivity contribution in [3.05, 3.63) is 66.1 Å². The molecule has 6 heteroatoms. The van der Waals surface area contributed by atoms with Gasteiger partial charge in [-0.05, 0) is 62.6 Å². The Hall–Kier alpha value is -2.89. The lowest BCUT2D eigenvalue weighted by Gasteiger charge is -2.28. The van der Waals surface area contributed by atoms with Crippen molar-refractivity contribution in [2.24, 2.45) is 0 Å². The lowest BCUT2D eigenvalue weighted by Crippen LogP contribution is -2.35. The topological polar surface area (TPSA) is 64.2 Å². The molecule has 2 heterocycles. The third-order valence-corrected chi connectivity index (χ3v) is 4.67. The first-order chi connectivity index (χ1) is 12.1. The van der Waals surface area contributed by atoms with Gasteiger partial charge in [-0.1, -0.05) is 0 Å². The van der Waals surface area contributed by atoms with Crippen LogP contribution in [0.25, 0.3) is 5.69 Å². The second-order valence-corrected chi connectivity index (χ2v) is 6.47. The molecule has 128 valence electrons. The first-order valence-electron chi connectivity index (χ1n) is 8.47. The molecular weight excluding hydrogens is 316 g/mol. The van der Waals surface area contributed by atoms with Crippen molar-refractivity contribution in [1.82, 2.24) is 19.7 Å². The van der Waals surface area contributed by atoms with Gasteiger partial charge in [0.05, 0.1) is 18.0 Å². The quantitative estimate of drug-likeness (QED) is 0.715. The third-order valence-electron chi connectivity index (χ3n) is 4.67. The van der Waals surface area contributed by atoms with E-state index in [1.165, 1.54) is 6.33 Å². The molecule has 0 unspecified atom stereocenters. The Morgan fingerprint density at radius 1 is 1.36 bits per heavy atom. The second kappa shape index (κ2) is 6.20. The van der Waals surface area contributed by atoms with E-state index in [-0.39, 0.29) is 11.9 Å². The van der Waals surface area contributed by atoms with Crippen molar-refractivity contribution in [2.45, 2.75) is 38.8 Å². The smallest absolute Gasteiger partial charge is 0.254 e. The van der Waals surface area contributed by atoms with Crippen LogP contribution in [0.15, 0.2) is 53.7 Å². The van der Waals surface area contributed by atoms with Crippen molar-refractivity contribution in [3.8, 4) is 5.69 Å². The van der Waals surface area contributed by atoms with Crippen molar-refractivity contribution < 1.29 is 9.21 Å². The van der Waals surface area contributed by atoms with Crippen LogP contribution < -0.4 is 0 Å². The number of carbonyl (C=O) groups is 1. The molecule has 0 spiro atoms. The zero-order chi connectivity index (χ0) is 17.4. The highest BCUT2D eigenvalue weighted by atomic mass is 16.3. The number of carbonyl (C=O) groups excluding carboxylic acids is 1. The van der Waals surface area contributed by atoms with Crippen molar-refractivity contribution in [2.75, 3.05) is 0 Å². The van der Waals surface area contributed by atoms with E-state index in [2.05, 4.69) is 10.1 Å². The molecule has 0 bridgehead atoms. The Morgan fingerprint density at radius 3 is 2.80 bits per heavy atom. The van der Waals surface area contributed by atoms with E-state index < -0.39 is 0 Å². The number of benzene rings is 1. The van der Waals surface area contributed by atoms with Crippen LogP contribution in [-0.2, 0) is 0 Å². The molecule has 0 radical (unpaired) electrons. The fourth-order valence-electron chi connectivity index (χ4n) is 3.19. The SMILES string of the molecule is Cc1cc(-n2cncn2)ccc1C(=O)N(C1CC1)[C@H](C)c1ccco1. The average Bonchev–Trinajstić information content (AvgIpc) is 3.08. The molecule has 1 aromatic carbocycles. The van der Waals surface area contributed by atoms with Crippen LogP contribution in [-0.4, -0.2) is 31.6 Å². The first-order valence-corrected chi connectivity index (χ1v) is 8.47. The van der Waals surface area contributed by atoms with Gasteiger partial charge in [-0.25, -0.2) is 9.67 Å². The lowest BCUT2D eigenvalue weighted by molar-refractivity contribution is 0.0652. The van der Waals surface area contributed by atoms with Gasteiger partial charge in [0.15, 0.2) is 0 Å². The summed E-state index contributed by atoms with van der Waals surface area (Å²) in [5.41, 5.74) is 2.54. The van der Waals surface area contributed by atoms with Gasteiger partial charge in [-0.15, -0.1) is 0 Å². The van der Waals surface area contributed by atoms with Crippen LogP contribution in [0.1, 0.15) is 47.5 Å². The Kier molecular flexibility index (Phi) is 3.87. The van der Waals surface area contributed by atoms with Crippen molar-refractivity contribution in [3.63, 3.8) is 0 Å². The van der Waals surface area contributed by atoms with E-state index in [0.717, 1.165) is 29.9 Å². The van der Waals surface area contributed by atoms with Crippen molar-refractivity contribution in [1.29, 1.82) is 0 Å². The molecule has 0 N–H and O–H groups in total. The van der Waals surface area contributed by atoms with Gasteiger partial charge in [0.1, 0.15) is 18.4 Å². The summed E-state index contributed by atoms with van der Waals surface area (Å²) in [7, 11) is 0. The minimum Gasteiger partial charge on any atom is -0.467 e. The van der Waals surface area contributed by atoms with Gasteiger partial charge in [-0.2, -0.15) is 5.10 Å². The number of amides is 1. The molecule has 1 atom stereocenters. The first kappa shape index (κ1) is 15.6. The molecule has 25 heavy (non-hydrogen) atoms. The number of nitrogens with zero attached hydrogens (tertiary/aromatic N) is 4. The van der Waals surface area contributed by atoms with Gasteiger partial charge in [-0.3, -0.25) is 4.79 Å². The molecule has 6 nitrogen and oxygen atoms in total. The zero-order valence-corrected chi connectivity index (χ0v) is 14.3. The molecule has 2 aromatic heterocycles. The van der Waals surface area contributed by atoms with E-state index >= 15 is 0 Å². The standard InChI is InChI=1S/C19H20N4O2/c1-13-10-16(22-12-20-11-21-22)7-8-17(13)19(24)23(15-5-6-15)14(2)18-4-3-9-25-18/h3-4,7-12,14-15H,5-6H2,1-2H3/t14-/m1/s1. The molecule has 1 aliphatic rings. The van der Waals surface area contributed by atoms with E-state index in [4.69, 9.17) is 4.42 Å². The highest BCUT2D eigenvalue weighted by Crippen LogP contribution is 2.36. The molecule has 1 fully saturated rings. The zero-order valence-electron chi connectivity index (χ0n) is 14.3. The lowest BCUT2D eigenvalue weighted by atomic mass is 10.0. The summed E-state index contributed by atoms with van der Waals surface area (Å²) in [5, 5.41) is 4.14. The monoisotopic (exact) mass is 336 g/mol. The fourth-order valence-corrected chi connectivity index (χ4v) is 3.19.